The monoisotopic (exact) mass is 247 g/mol. The molecule has 4 heteroatoms. The van der Waals surface area contributed by atoms with Crippen molar-refractivity contribution in [3.63, 3.8) is 0 Å². The minimum atomic E-state index is 0.817. The van der Waals surface area contributed by atoms with Crippen LogP contribution in [0.3, 0.4) is 0 Å². The third-order valence-corrected chi connectivity index (χ3v) is 3.29. The third kappa shape index (κ3) is 3.54. The van der Waals surface area contributed by atoms with Gasteiger partial charge in [-0.15, -0.1) is 11.3 Å². The van der Waals surface area contributed by atoms with Crippen LogP contribution in [0.4, 0.5) is 5.69 Å². The Bertz CT molecular complexity index is 466. The van der Waals surface area contributed by atoms with Crippen LogP contribution < -0.4 is 11.1 Å². The van der Waals surface area contributed by atoms with Gasteiger partial charge < -0.3 is 11.1 Å². The van der Waals surface area contributed by atoms with E-state index < -0.39 is 0 Å². The number of anilines is 1. The van der Waals surface area contributed by atoms with Gasteiger partial charge in [-0.05, 0) is 18.6 Å². The molecule has 0 aliphatic carbocycles. The molecule has 2 rings (SSSR count). The summed E-state index contributed by atoms with van der Waals surface area (Å²) in [5.74, 6) is 0. The van der Waals surface area contributed by atoms with Crippen LogP contribution in [-0.4, -0.2) is 11.5 Å². The Morgan fingerprint density at radius 3 is 3.06 bits per heavy atom. The Labute approximate surface area is 106 Å². The Morgan fingerprint density at radius 2 is 2.29 bits per heavy atom. The van der Waals surface area contributed by atoms with Crippen LogP contribution in [0.1, 0.15) is 16.8 Å². The molecule has 0 bridgehead atoms. The van der Waals surface area contributed by atoms with Gasteiger partial charge in [-0.3, -0.25) is 0 Å². The van der Waals surface area contributed by atoms with E-state index in [1.54, 1.807) is 11.3 Å². The van der Waals surface area contributed by atoms with E-state index >= 15 is 0 Å². The fourth-order valence-electron chi connectivity index (χ4n) is 1.69. The number of aryl methyl sites for hydroxylation is 1. The van der Waals surface area contributed by atoms with Gasteiger partial charge in [-0.2, -0.15) is 0 Å². The van der Waals surface area contributed by atoms with Crippen molar-refractivity contribution in [1.82, 2.24) is 10.3 Å². The van der Waals surface area contributed by atoms with Crippen molar-refractivity contribution >= 4 is 17.0 Å². The number of benzene rings is 1. The van der Waals surface area contributed by atoms with E-state index in [1.807, 2.05) is 17.6 Å². The number of nitrogens with two attached hydrogens (primary N) is 1. The molecule has 1 aromatic heterocycles. The van der Waals surface area contributed by atoms with Gasteiger partial charge in [0.15, 0.2) is 0 Å². The van der Waals surface area contributed by atoms with Gasteiger partial charge in [0, 0.05) is 30.6 Å². The van der Waals surface area contributed by atoms with Crippen molar-refractivity contribution in [1.29, 1.82) is 0 Å². The van der Waals surface area contributed by atoms with Crippen LogP contribution in [0.15, 0.2) is 29.1 Å². The average Bonchev–Trinajstić information content (AvgIpc) is 2.82. The van der Waals surface area contributed by atoms with Crippen LogP contribution in [0.25, 0.3) is 0 Å². The number of hydrogen-bond acceptors (Lipinski definition) is 4. The highest BCUT2D eigenvalue weighted by atomic mass is 32.1. The highest BCUT2D eigenvalue weighted by molar-refractivity contribution is 7.07. The highest BCUT2D eigenvalue weighted by Gasteiger charge is 1.99. The summed E-state index contributed by atoms with van der Waals surface area (Å²) >= 11 is 1.64. The third-order valence-electron chi connectivity index (χ3n) is 2.66. The normalized spacial score (nSPS) is 10.6. The first kappa shape index (κ1) is 12.1. The van der Waals surface area contributed by atoms with Crippen LogP contribution in [0.2, 0.25) is 0 Å². The number of thiazole rings is 1. The second-order valence-electron chi connectivity index (χ2n) is 4.11. The average molecular weight is 247 g/mol. The van der Waals surface area contributed by atoms with Gasteiger partial charge in [0.05, 0.1) is 11.2 Å². The molecule has 3 N–H and O–H groups in total. The van der Waals surface area contributed by atoms with Crippen molar-refractivity contribution in [2.45, 2.75) is 19.9 Å². The second kappa shape index (κ2) is 5.80. The molecule has 1 aromatic carbocycles. The lowest BCUT2D eigenvalue weighted by Gasteiger charge is -2.08. The molecule has 0 fully saturated rings. The van der Waals surface area contributed by atoms with Crippen molar-refractivity contribution in [2.75, 3.05) is 12.3 Å². The SMILES string of the molecule is Cc1ccc(N)c(CNCCc2cscn2)c1. The molecule has 1 heterocycles. The number of rotatable bonds is 5. The lowest BCUT2D eigenvalue weighted by molar-refractivity contribution is 0.682. The molecule has 17 heavy (non-hydrogen) atoms. The number of nitrogen functional groups attached to an aromatic ring is 1. The lowest BCUT2D eigenvalue weighted by atomic mass is 10.1. The van der Waals surface area contributed by atoms with E-state index in [9.17, 15) is 0 Å². The summed E-state index contributed by atoms with van der Waals surface area (Å²) < 4.78 is 0. The first-order valence-electron chi connectivity index (χ1n) is 5.68. The van der Waals surface area contributed by atoms with Crippen molar-refractivity contribution in [3.8, 4) is 0 Å². The molecular formula is C13H17N3S. The molecule has 2 aromatic rings. The van der Waals surface area contributed by atoms with Gasteiger partial charge in [0.1, 0.15) is 0 Å². The predicted octanol–water partition coefficient (Wildman–Crippen LogP) is 2.37. The summed E-state index contributed by atoms with van der Waals surface area (Å²) in [6, 6.07) is 6.13. The number of hydrogen-bond donors (Lipinski definition) is 2. The fraction of sp³-hybridized carbons (Fsp3) is 0.308. The minimum Gasteiger partial charge on any atom is -0.398 e. The molecule has 0 saturated heterocycles. The molecule has 0 aliphatic heterocycles. The molecule has 0 aliphatic rings. The maximum atomic E-state index is 5.92. The molecule has 0 amide bonds. The highest BCUT2D eigenvalue weighted by Crippen LogP contribution is 2.13. The molecule has 0 spiro atoms. The maximum absolute atomic E-state index is 5.92. The van der Waals surface area contributed by atoms with Crippen molar-refractivity contribution in [3.05, 3.63) is 45.9 Å². The van der Waals surface area contributed by atoms with Crippen LogP contribution in [0, 0.1) is 6.92 Å². The smallest absolute Gasteiger partial charge is 0.0794 e. The number of aromatic nitrogens is 1. The fourth-order valence-corrected chi connectivity index (χ4v) is 2.28. The summed E-state index contributed by atoms with van der Waals surface area (Å²) in [5, 5.41) is 5.48. The number of nitrogens with zero attached hydrogens (tertiary/aromatic N) is 1. The summed E-state index contributed by atoms with van der Waals surface area (Å²) in [6.45, 7) is 3.83. The van der Waals surface area contributed by atoms with Gasteiger partial charge in [-0.25, -0.2) is 4.98 Å². The van der Waals surface area contributed by atoms with Crippen molar-refractivity contribution < 1.29 is 0 Å². The predicted molar refractivity (Wildman–Crippen MR) is 73.1 cm³/mol. The zero-order chi connectivity index (χ0) is 12.1. The molecule has 90 valence electrons. The van der Waals surface area contributed by atoms with Crippen LogP contribution >= 0.6 is 11.3 Å². The molecule has 0 atom stereocenters. The van der Waals surface area contributed by atoms with E-state index in [1.165, 1.54) is 11.1 Å². The van der Waals surface area contributed by atoms with Crippen LogP contribution in [0.5, 0.6) is 0 Å². The summed E-state index contributed by atoms with van der Waals surface area (Å²) in [5.41, 5.74) is 12.2. The minimum absolute atomic E-state index is 0.817. The largest absolute Gasteiger partial charge is 0.398 e. The van der Waals surface area contributed by atoms with E-state index in [4.69, 9.17) is 5.73 Å². The molecule has 3 nitrogen and oxygen atoms in total. The Hall–Kier alpha value is -1.39. The number of nitrogens with one attached hydrogen (secondary N) is 1. The molecule has 0 unspecified atom stereocenters. The van der Waals surface area contributed by atoms with Gasteiger partial charge in [0.25, 0.3) is 0 Å². The Kier molecular flexibility index (Phi) is 4.12. The molecule has 0 saturated carbocycles. The maximum Gasteiger partial charge on any atom is 0.0794 e. The summed E-state index contributed by atoms with van der Waals surface area (Å²) in [6.07, 6.45) is 0.967. The van der Waals surface area contributed by atoms with Gasteiger partial charge in [-0.1, -0.05) is 17.7 Å². The Balaban J connectivity index is 1.80. The van der Waals surface area contributed by atoms with Gasteiger partial charge in [0.2, 0.25) is 0 Å². The van der Waals surface area contributed by atoms with Crippen molar-refractivity contribution in [2.24, 2.45) is 0 Å². The summed E-state index contributed by atoms with van der Waals surface area (Å²) in [7, 11) is 0. The topological polar surface area (TPSA) is 50.9 Å². The van der Waals surface area contributed by atoms with E-state index in [2.05, 4.69) is 28.7 Å². The molecule has 0 radical (unpaired) electrons. The zero-order valence-corrected chi connectivity index (χ0v) is 10.8. The Morgan fingerprint density at radius 1 is 1.41 bits per heavy atom. The van der Waals surface area contributed by atoms with E-state index in [0.717, 1.165) is 30.9 Å². The zero-order valence-electron chi connectivity index (χ0n) is 9.94. The lowest BCUT2D eigenvalue weighted by Crippen LogP contribution is -2.17. The second-order valence-corrected chi connectivity index (χ2v) is 4.83. The quantitative estimate of drug-likeness (QED) is 0.630. The van der Waals surface area contributed by atoms with E-state index in [0.29, 0.717) is 0 Å². The molecular weight excluding hydrogens is 230 g/mol. The van der Waals surface area contributed by atoms with Gasteiger partial charge >= 0.3 is 0 Å². The van der Waals surface area contributed by atoms with Crippen LogP contribution in [-0.2, 0) is 13.0 Å². The first-order valence-corrected chi connectivity index (χ1v) is 6.63. The van der Waals surface area contributed by atoms with E-state index in [-0.39, 0.29) is 0 Å². The summed E-state index contributed by atoms with van der Waals surface area (Å²) in [4.78, 5) is 4.25. The first-order chi connectivity index (χ1) is 8.25. The standard InChI is InChI=1S/C13H17N3S/c1-10-2-3-13(14)11(6-10)7-15-5-4-12-8-17-9-16-12/h2-3,6,8-9,15H,4-5,7,14H2,1H3.